The largest absolute Gasteiger partial charge is 0.478 e. The number of rotatable bonds is 9. The molecule has 2 heterocycles. The van der Waals surface area contributed by atoms with E-state index < -0.39 is 35.6 Å². The molecule has 0 saturated carbocycles. The van der Waals surface area contributed by atoms with Crippen molar-refractivity contribution in [3.8, 4) is 0 Å². The summed E-state index contributed by atoms with van der Waals surface area (Å²) < 4.78 is 43.8. The van der Waals surface area contributed by atoms with Gasteiger partial charge in [-0.3, -0.25) is 9.80 Å². The van der Waals surface area contributed by atoms with E-state index in [1.807, 2.05) is 4.90 Å². The fourth-order valence-corrected chi connectivity index (χ4v) is 4.05. The Kier molecular flexibility index (Phi) is 16.7. The summed E-state index contributed by atoms with van der Waals surface area (Å²) in [4.78, 5) is 58.4. The molecular formula is C28H37F3N4O10. The highest BCUT2D eigenvalue weighted by molar-refractivity contribution is 5.90. The first-order valence-corrected chi connectivity index (χ1v) is 13.7. The van der Waals surface area contributed by atoms with Crippen LogP contribution in [0.4, 0.5) is 23.7 Å². The van der Waals surface area contributed by atoms with E-state index in [1.165, 1.54) is 12.1 Å². The minimum atomic E-state index is -4.31. The highest BCUT2D eigenvalue weighted by Gasteiger charge is 2.31. The van der Waals surface area contributed by atoms with Crippen molar-refractivity contribution in [3.05, 3.63) is 54.1 Å². The van der Waals surface area contributed by atoms with Gasteiger partial charge < -0.3 is 35.0 Å². The Morgan fingerprint density at radius 1 is 0.733 bits per heavy atom. The topological polar surface area (TPSA) is 188 Å². The Balaban J connectivity index is 0.000000521. The maximum absolute atomic E-state index is 12.9. The number of ether oxygens (including phenoxy) is 1. The van der Waals surface area contributed by atoms with Gasteiger partial charge in [-0.25, -0.2) is 24.0 Å². The Morgan fingerprint density at radius 2 is 1.16 bits per heavy atom. The lowest BCUT2D eigenvalue weighted by Crippen LogP contribution is -2.52. The van der Waals surface area contributed by atoms with Crippen molar-refractivity contribution in [1.82, 2.24) is 14.7 Å². The van der Waals surface area contributed by atoms with Gasteiger partial charge in [-0.2, -0.15) is 13.2 Å². The van der Waals surface area contributed by atoms with Gasteiger partial charge in [0.05, 0.1) is 12.2 Å². The van der Waals surface area contributed by atoms with E-state index in [9.17, 15) is 37.1 Å². The number of amides is 1. The average molecular weight is 647 g/mol. The number of alkyl halides is 3. The number of hydrogen-bond donors (Lipinski definition) is 4. The van der Waals surface area contributed by atoms with Crippen LogP contribution in [-0.2, 0) is 30.1 Å². The quantitative estimate of drug-likeness (QED) is 0.286. The molecular weight excluding hydrogens is 609 g/mol. The third kappa shape index (κ3) is 16.7. The molecule has 45 heavy (non-hydrogen) atoms. The zero-order valence-corrected chi connectivity index (χ0v) is 24.6. The van der Waals surface area contributed by atoms with Crippen LogP contribution in [0.25, 0.3) is 0 Å². The van der Waals surface area contributed by atoms with Crippen LogP contribution in [0.5, 0.6) is 0 Å². The molecule has 17 heteroatoms. The summed E-state index contributed by atoms with van der Waals surface area (Å²) >= 11 is 0. The van der Waals surface area contributed by atoms with Gasteiger partial charge in [-0.1, -0.05) is 6.07 Å². The highest BCUT2D eigenvalue weighted by atomic mass is 19.4. The molecule has 2 aliphatic heterocycles. The number of carboxylic acid groups (broad SMARTS) is 4. The number of aliphatic carboxylic acids is 4. The van der Waals surface area contributed by atoms with Gasteiger partial charge in [0.2, 0.25) is 0 Å². The molecule has 1 amide bonds. The maximum atomic E-state index is 12.9. The second-order valence-electron chi connectivity index (χ2n) is 9.42. The summed E-state index contributed by atoms with van der Waals surface area (Å²) in [5, 5.41) is 31.2. The molecule has 2 saturated heterocycles. The van der Waals surface area contributed by atoms with Gasteiger partial charge in [0.1, 0.15) is 0 Å². The summed E-state index contributed by atoms with van der Waals surface area (Å²) in [5.41, 5.74) is 0.0361. The number of benzene rings is 1. The molecule has 0 radical (unpaired) electrons. The molecule has 4 N–H and O–H groups in total. The van der Waals surface area contributed by atoms with E-state index in [2.05, 4.69) is 9.80 Å². The second kappa shape index (κ2) is 19.6. The predicted molar refractivity (Wildman–Crippen MR) is 154 cm³/mol. The number of carboxylic acids is 4. The van der Waals surface area contributed by atoms with E-state index in [0.717, 1.165) is 58.4 Å². The third-order valence-corrected chi connectivity index (χ3v) is 6.28. The van der Waals surface area contributed by atoms with Gasteiger partial charge in [-0.05, 0) is 25.1 Å². The van der Waals surface area contributed by atoms with Gasteiger partial charge in [0, 0.05) is 95.4 Å². The van der Waals surface area contributed by atoms with E-state index >= 15 is 0 Å². The monoisotopic (exact) mass is 646 g/mol. The zero-order valence-electron chi connectivity index (χ0n) is 24.6. The average Bonchev–Trinajstić information content (AvgIpc) is 2.99. The second-order valence-corrected chi connectivity index (χ2v) is 9.42. The summed E-state index contributed by atoms with van der Waals surface area (Å²) in [6, 6.07) is 5.56. The van der Waals surface area contributed by atoms with E-state index in [-0.39, 0.29) is 6.09 Å². The maximum Gasteiger partial charge on any atom is 0.416 e. The van der Waals surface area contributed by atoms with Gasteiger partial charge in [0.25, 0.3) is 0 Å². The molecule has 0 aromatic heterocycles. The molecule has 250 valence electrons. The first-order valence-electron chi connectivity index (χ1n) is 13.7. The smallest absolute Gasteiger partial charge is 0.416 e. The number of piperazine rings is 2. The Bertz CT molecular complexity index is 1130. The van der Waals surface area contributed by atoms with Gasteiger partial charge >= 0.3 is 36.1 Å². The summed E-state index contributed by atoms with van der Waals surface area (Å²) in [6.07, 6.45) is -2.32. The van der Waals surface area contributed by atoms with Crippen LogP contribution < -0.4 is 4.90 Å². The van der Waals surface area contributed by atoms with Gasteiger partial charge in [0.15, 0.2) is 0 Å². The summed E-state index contributed by atoms with van der Waals surface area (Å²) in [5.74, 6) is -5.03. The summed E-state index contributed by atoms with van der Waals surface area (Å²) in [6.45, 7) is 10.2. The van der Waals surface area contributed by atoms with Crippen molar-refractivity contribution < 1.29 is 62.3 Å². The minimum Gasteiger partial charge on any atom is -0.478 e. The van der Waals surface area contributed by atoms with Crippen LogP contribution in [0.3, 0.4) is 0 Å². The molecule has 0 atom stereocenters. The Labute approximate surface area is 257 Å². The molecule has 1 aromatic carbocycles. The highest BCUT2D eigenvalue weighted by Crippen LogP contribution is 2.31. The SMILES string of the molecule is CCOC(=O)N1CCN(CCN2CCN(c3cccc(C(F)(F)F)c3)CC2)CC1.O=C(O)/C=C/C(=O)O.O=C(O)/C=C/C(=O)O. The van der Waals surface area contributed by atoms with Crippen LogP contribution >= 0.6 is 0 Å². The predicted octanol–water partition coefficient (Wildman–Crippen LogP) is 2.03. The summed E-state index contributed by atoms with van der Waals surface area (Å²) in [7, 11) is 0. The Morgan fingerprint density at radius 3 is 1.53 bits per heavy atom. The number of carbonyl (C=O) groups is 5. The third-order valence-electron chi connectivity index (χ3n) is 6.28. The molecule has 2 aliphatic rings. The number of carbonyl (C=O) groups excluding carboxylic acids is 1. The van der Waals surface area contributed by atoms with E-state index in [4.69, 9.17) is 25.2 Å². The van der Waals surface area contributed by atoms with Gasteiger partial charge in [-0.15, -0.1) is 0 Å². The fourth-order valence-electron chi connectivity index (χ4n) is 4.05. The minimum absolute atomic E-state index is 0.238. The van der Waals surface area contributed by atoms with Crippen molar-refractivity contribution in [1.29, 1.82) is 0 Å². The van der Waals surface area contributed by atoms with Crippen molar-refractivity contribution >= 4 is 35.7 Å². The molecule has 2 fully saturated rings. The zero-order chi connectivity index (χ0) is 34.0. The van der Waals surface area contributed by atoms with Crippen molar-refractivity contribution in [2.45, 2.75) is 13.1 Å². The molecule has 1 aromatic rings. The lowest BCUT2D eigenvalue weighted by molar-refractivity contribution is -0.137. The van der Waals surface area contributed by atoms with Crippen LogP contribution in [-0.4, -0.2) is 137 Å². The lowest BCUT2D eigenvalue weighted by atomic mass is 10.1. The number of halogens is 3. The molecule has 0 spiro atoms. The Hall–Kier alpha value is -4.64. The molecule has 0 unspecified atom stereocenters. The van der Waals surface area contributed by atoms with Crippen LogP contribution in [0, 0.1) is 0 Å². The van der Waals surface area contributed by atoms with Crippen LogP contribution in [0.2, 0.25) is 0 Å². The van der Waals surface area contributed by atoms with E-state index in [0.29, 0.717) is 49.7 Å². The van der Waals surface area contributed by atoms with Crippen molar-refractivity contribution in [2.24, 2.45) is 0 Å². The van der Waals surface area contributed by atoms with Crippen molar-refractivity contribution in [2.75, 3.05) is 77.0 Å². The van der Waals surface area contributed by atoms with Crippen LogP contribution in [0.15, 0.2) is 48.6 Å². The number of anilines is 1. The molecule has 3 rings (SSSR count). The first kappa shape index (κ1) is 38.4. The normalized spacial score (nSPS) is 15.9. The molecule has 0 bridgehead atoms. The standard InChI is InChI=1S/C20H29F3N4O2.2C4H4O4/c1-2-29-19(28)27-14-10-25(11-15-27)7-6-24-8-12-26(13-9-24)18-5-3-4-17(16-18)20(21,22)23;2*5-3(6)1-2-4(7)8/h3-5,16H,2,6-15H2,1H3;2*1-2H,(H,5,6)(H,7,8)/b;2*2-1+. The number of hydrogen-bond acceptors (Lipinski definition) is 9. The lowest BCUT2D eigenvalue weighted by Gasteiger charge is -2.38. The fraction of sp³-hybridized carbons (Fsp3) is 0.464. The first-order chi connectivity index (χ1) is 21.1. The van der Waals surface area contributed by atoms with Crippen LogP contribution in [0.1, 0.15) is 12.5 Å². The van der Waals surface area contributed by atoms with Crippen molar-refractivity contribution in [3.63, 3.8) is 0 Å². The van der Waals surface area contributed by atoms with E-state index in [1.54, 1.807) is 17.9 Å². The molecule has 0 aliphatic carbocycles. The number of nitrogens with zero attached hydrogens (tertiary/aromatic N) is 4. The molecule has 14 nitrogen and oxygen atoms in total.